The van der Waals surface area contributed by atoms with E-state index < -0.39 is 30.9 Å². The molecule has 2 atom stereocenters. The minimum absolute atomic E-state index is 0.243. The molecule has 0 aliphatic heterocycles. The summed E-state index contributed by atoms with van der Waals surface area (Å²) in [6, 6.07) is 5.97. The fourth-order valence-electron chi connectivity index (χ4n) is 1.73. The van der Waals surface area contributed by atoms with Crippen LogP contribution in [-0.4, -0.2) is 56.4 Å². The topological polar surface area (TPSA) is 130 Å². The molecule has 1 unspecified atom stereocenters. The van der Waals surface area contributed by atoms with Crippen molar-refractivity contribution in [1.82, 2.24) is 10.4 Å². The second kappa shape index (κ2) is 8.01. The Hall–Kier alpha value is -2.58. The Labute approximate surface area is 126 Å². The first-order chi connectivity index (χ1) is 10.3. The van der Waals surface area contributed by atoms with Gasteiger partial charge in [-0.25, -0.2) is 20.0 Å². The number of nitrogens with zero attached hydrogens (tertiary/aromatic N) is 1. The second-order valence-corrected chi connectivity index (χ2v) is 4.58. The molecule has 8 heteroatoms. The van der Waals surface area contributed by atoms with E-state index >= 15 is 0 Å². The van der Waals surface area contributed by atoms with Gasteiger partial charge in [0, 0.05) is 0 Å². The van der Waals surface area contributed by atoms with E-state index in [0.717, 1.165) is 11.1 Å². The Bertz CT molecular complexity index is 543. The lowest BCUT2D eigenvalue weighted by atomic mass is 10.1. The largest absolute Gasteiger partial charge is 0.464 e. The zero-order valence-corrected chi connectivity index (χ0v) is 11.9. The Balaban J connectivity index is 2.85. The Morgan fingerprint density at radius 3 is 2.32 bits per heavy atom. The van der Waals surface area contributed by atoms with Crippen molar-refractivity contribution < 1.29 is 30.0 Å². The van der Waals surface area contributed by atoms with Gasteiger partial charge >= 0.3 is 12.2 Å². The second-order valence-electron chi connectivity index (χ2n) is 4.58. The number of rotatable bonds is 5. The zero-order valence-electron chi connectivity index (χ0n) is 11.9. The maximum atomic E-state index is 11.0. The van der Waals surface area contributed by atoms with Crippen molar-refractivity contribution >= 4 is 18.3 Å². The fraction of sp³-hybridized carbons (Fsp3) is 0.286. The highest BCUT2D eigenvalue weighted by molar-refractivity contribution is 5.72. The molecule has 0 aliphatic rings. The number of aliphatic hydroxyl groups excluding tert-OH is 2. The highest BCUT2D eigenvalue weighted by atomic mass is 16.4. The van der Waals surface area contributed by atoms with Crippen LogP contribution < -0.4 is 5.43 Å². The first-order valence-corrected chi connectivity index (χ1v) is 6.40. The van der Waals surface area contributed by atoms with Crippen molar-refractivity contribution in [1.29, 1.82) is 0 Å². The van der Waals surface area contributed by atoms with E-state index in [1.807, 2.05) is 19.1 Å². The summed E-state index contributed by atoms with van der Waals surface area (Å²) >= 11 is 0. The predicted octanol–water partition coefficient (Wildman–Crippen LogP) is 0.893. The lowest BCUT2D eigenvalue weighted by Crippen LogP contribution is -2.56. The fourth-order valence-corrected chi connectivity index (χ4v) is 1.73. The summed E-state index contributed by atoms with van der Waals surface area (Å²) in [6.07, 6.45) is -1.81. The molecule has 0 aromatic heterocycles. The molecule has 0 saturated heterocycles. The third-order valence-electron chi connectivity index (χ3n) is 2.90. The number of amides is 2. The van der Waals surface area contributed by atoms with Crippen molar-refractivity contribution in [2.24, 2.45) is 0 Å². The molecule has 8 nitrogen and oxygen atoms in total. The number of aryl methyl sites for hydroxylation is 1. The van der Waals surface area contributed by atoms with E-state index in [1.54, 1.807) is 23.6 Å². The van der Waals surface area contributed by atoms with Gasteiger partial charge in [0.05, 0.1) is 12.7 Å². The summed E-state index contributed by atoms with van der Waals surface area (Å²) in [5.41, 5.74) is 3.45. The molecule has 22 heavy (non-hydrogen) atoms. The number of hydrogen-bond acceptors (Lipinski definition) is 4. The maximum absolute atomic E-state index is 11.0. The minimum Gasteiger partial charge on any atom is -0.464 e. The van der Waals surface area contributed by atoms with Crippen LogP contribution in [-0.2, 0) is 0 Å². The summed E-state index contributed by atoms with van der Waals surface area (Å²) in [5, 5.41) is 37.0. The van der Waals surface area contributed by atoms with Crippen molar-refractivity contribution in [2.45, 2.75) is 19.1 Å². The number of hydrogen-bond donors (Lipinski definition) is 5. The van der Waals surface area contributed by atoms with Crippen molar-refractivity contribution in [3.63, 3.8) is 0 Å². The average Bonchev–Trinajstić information content (AvgIpc) is 2.45. The van der Waals surface area contributed by atoms with E-state index in [1.165, 1.54) is 6.08 Å². The third kappa shape index (κ3) is 5.08. The van der Waals surface area contributed by atoms with Crippen LogP contribution in [0.2, 0.25) is 0 Å². The summed E-state index contributed by atoms with van der Waals surface area (Å²) in [4.78, 5) is 21.6. The number of benzene rings is 1. The molecule has 1 rings (SSSR count). The maximum Gasteiger partial charge on any atom is 0.426 e. The molecule has 0 heterocycles. The van der Waals surface area contributed by atoms with Gasteiger partial charge in [-0.3, -0.25) is 0 Å². The third-order valence-corrected chi connectivity index (χ3v) is 2.90. The van der Waals surface area contributed by atoms with Gasteiger partial charge in [0.15, 0.2) is 0 Å². The molecule has 0 radical (unpaired) electrons. The Morgan fingerprint density at radius 1 is 1.27 bits per heavy atom. The van der Waals surface area contributed by atoms with Crippen LogP contribution in [0.5, 0.6) is 0 Å². The molecule has 0 spiro atoms. The van der Waals surface area contributed by atoms with Crippen molar-refractivity contribution in [3.05, 3.63) is 41.5 Å². The van der Waals surface area contributed by atoms with Crippen LogP contribution in [0.4, 0.5) is 9.59 Å². The molecule has 0 bridgehead atoms. The van der Waals surface area contributed by atoms with Gasteiger partial charge in [0.25, 0.3) is 0 Å². The monoisotopic (exact) mass is 310 g/mol. The van der Waals surface area contributed by atoms with Crippen LogP contribution in [0.15, 0.2) is 30.3 Å². The van der Waals surface area contributed by atoms with Gasteiger partial charge in [-0.2, -0.15) is 0 Å². The molecule has 1 aromatic rings. The van der Waals surface area contributed by atoms with Gasteiger partial charge in [0.1, 0.15) is 6.04 Å². The lowest BCUT2D eigenvalue weighted by molar-refractivity contribution is 0.0171. The number of carboxylic acid groups (broad SMARTS) is 2. The van der Waals surface area contributed by atoms with Gasteiger partial charge in [-0.05, 0) is 12.5 Å². The molecular weight excluding hydrogens is 292 g/mol. The highest BCUT2D eigenvalue weighted by Gasteiger charge is 2.29. The van der Waals surface area contributed by atoms with E-state index in [4.69, 9.17) is 10.2 Å². The predicted molar refractivity (Wildman–Crippen MR) is 78.1 cm³/mol. The Morgan fingerprint density at radius 2 is 1.86 bits per heavy atom. The first-order valence-electron chi connectivity index (χ1n) is 6.40. The highest BCUT2D eigenvalue weighted by Crippen LogP contribution is 2.09. The smallest absolute Gasteiger partial charge is 0.426 e. The molecular formula is C14H18N2O6. The number of carbonyl (C=O) groups is 2. The minimum atomic E-state index is -1.63. The van der Waals surface area contributed by atoms with Crippen LogP contribution in [0, 0.1) is 6.92 Å². The van der Waals surface area contributed by atoms with Crippen LogP contribution in [0.3, 0.4) is 0 Å². The quantitative estimate of drug-likeness (QED) is 0.513. The lowest BCUT2D eigenvalue weighted by Gasteiger charge is -2.29. The molecule has 0 aliphatic carbocycles. The number of nitrogens with one attached hydrogen (secondary N) is 1. The molecule has 0 saturated carbocycles. The van der Waals surface area contributed by atoms with E-state index in [-0.39, 0.29) is 5.01 Å². The van der Waals surface area contributed by atoms with Gasteiger partial charge in [-0.1, -0.05) is 42.0 Å². The molecule has 5 N–H and O–H groups in total. The van der Waals surface area contributed by atoms with Crippen LogP contribution in [0.1, 0.15) is 11.1 Å². The first kappa shape index (κ1) is 17.5. The van der Waals surface area contributed by atoms with Gasteiger partial charge in [0.2, 0.25) is 0 Å². The summed E-state index contributed by atoms with van der Waals surface area (Å²) in [6.45, 7) is 1.17. The average molecular weight is 310 g/mol. The van der Waals surface area contributed by atoms with Crippen LogP contribution >= 0.6 is 0 Å². The number of hydrazine groups is 1. The van der Waals surface area contributed by atoms with E-state index in [2.05, 4.69) is 0 Å². The normalized spacial score (nSPS) is 13.6. The van der Waals surface area contributed by atoms with Gasteiger partial charge < -0.3 is 20.4 Å². The molecule has 0 fully saturated rings. The molecule has 120 valence electrons. The zero-order chi connectivity index (χ0) is 16.7. The SMILES string of the molecule is Cc1ccc(/C=C/[C@@H](O)C(CO)N(NC(=O)O)C(=O)O)cc1. The van der Waals surface area contributed by atoms with Crippen molar-refractivity contribution in [3.8, 4) is 0 Å². The summed E-state index contributed by atoms with van der Waals surface area (Å²) < 4.78 is 0. The molecule has 2 amide bonds. The molecule has 1 aromatic carbocycles. The van der Waals surface area contributed by atoms with E-state index in [9.17, 15) is 19.8 Å². The van der Waals surface area contributed by atoms with Crippen molar-refractivity contribution in [2.75, 3.05) is 6.61 Å². The standard InChI is InChI=1S/C14H18N2O6/c1-9-2-4-10(5-3-9)6-7-12(18)11(8-17)16(14(21)22)15-13(19)20/h2-7,11-12,15,17-18H,8H2,1H3,(H,19,20)(H,21,22)/b7-6+/t11?,12-/m1/s1. The summed E-state index contributed by atoms with van der Waals surface area (Å²) in [5.74, 6) is 0. The van der Waals surface area contributed by atoms with E-state index in [0.29, 0.717) is 0 Å². The summed E-state index contributed by atoms with van der Waals surface area (Å²) in [7, 11) is 0. The van der Waals surface area contributed by atoms with Crippen LogP contribution in [0.25, 0.3) is 6.08 Å². The Kier molecular flexibility index (Phi) is 6.36. The van der Waals surface area contributed by atoms with Gasteiger partial charge in [-0.15, -0.1) is 0 Å². The number of aliphatic hydroxyl groups is 2.